The van der Waals surface area contributed by atoms with Gasteiger partial charge in [-0.15, -0.1) is 0 Å². The van der Waals surface area contributed by atoms with E-state index in [-0.39, 0.29) is 30.1 Å². The van der Waals surface area contributed by atoms with Gasteiger partial charge in [-0.1, -0.05) is 42.5 Å². The summed E-state index contributed by atoms with van der Waals surface area (Å²) in [5, 5.41) is 12.2. The van der Waals surface area contributed by atoms with Crippen molar-refractivity contribution in [1.29, 1.82) is 0 Å². The number of rotatable bonds is 8. The number of nitrogens with zero attached hydrogens (tertiary/aromatic N) is 1. The van der Waals surface area contributed by atoms with Crippen LogP contribution in [-0.4, -0.2) is 34.4 Å². The van der Waals surface area contributed by atoms with Crippen molar-refractivity contribution in [2.24, 2.45) is 0 Å². The molecule has 0 bridgehead atoms. The Balaban J connectivity index is 1.35. The summed E-state index contributed by atoms with van der Waals surface area (Å²) >= 11 is 0. The highest BCUT2D eigenvalue weighted by atomic mass is 16.5. The number of hydrogen-bond donors (Lipinski definition) is 2. The molecule has 2 N–H and O–H groups in total. The zero-order valence-electron chi connectivity index (χ0n) is 19.9. The lowest BCUT2D eigenvalue weighted by atomic mass is 10.0. The number of ether oxygens (including phenoxy) is 1. The lowest BCUT2D eigenvalue weighted by Crippen LogP contribution is -2.14. The summed E-state index contributed by atoms with van der Waals surface area (Å²) in [4.78, 5) is 41.5. The Hall–Kier alpha value is -4.78. The fourth-order valence-electron chi connectivity index (χ4n) is 4.29. The van der Waals surface area contributed by atoms with Gasteiger partial charge >= 0.3 is 5.97 Å². The maximum absolute atomic E-state index is 12.8. The van der Waals surface area contributed by atoms with Crippen LogP contribution in [0.1, 0.15) is 39.1 Å². The van der Waals surface area contributed by atoms with E-state index in [1.807, 2.05) is 48.5 Å². The minimum Gasteiger partial charge on any atom is -0.493 e. The average molecular weight is 493 g/mol. The number of carbonyl (C=O) groups excluding carboxylic acids is 2. The molecule has 0 fully saturated rings. The van der Waals surface area contributed by atoms with Gasteiger partial charge in [0.05, 0.1) is 17.9 Å². The first-order chi connectivity index (χ1) is 18.0. The molecule has 0 spiro atoms. The van der Waals surface area contributed by atoms with Crippen LogP contribution in [0, 0.1) is 0 Å². The van der Waals surface area contributed by atoms with Gasteiger partial charge in [0.1, 0.15) is 11.6 Å². The predicted molar refractivity (Wildman–Crippen MR) is 140 cm³/mol. The molecule has 37 heavy (non-hydrogen) atoms. The Kier molecular flexibility index (Phi) is 6.76. The van der Waals surface area contributed by atoms with Gasteiger partial charge < -0.3 is 15.2 Å². The molecule has 0 saturated heterocycles. The molecule has 1 aliphatic rings. The molecular formula is C30H24N2O5. The summed E-state index contributed by atoms with van der Waals surface area (Å²) in [6.45, 7) is 0.618. The van der Waals surface area contributed by atoms with E-state index in [9.17, 15) is 19.5 Å². The number of nitrogens with one attached hydrogen (secondary N) is 1. The van der Waals surface area contributed by atoms with Crippen molar-refractivity contribution >= 4 is 23.5 Å². The van der Waals surface area contributed by atoms with Crippen molar-refractivity contribution in [2.45, 2.75) is 19.3 Å². The highest BCUT2D eigenvalue weighted by molar-refractivity contribution is 6.00. The molecular weight excluding hydrogens is 468 g/mol. The molecule has 2 heterocycles. The number of fused-ring (bicyclic) bond motifs is 1. The highest BCUT2D eigenvalue weighted by Crippen LogP contribution is 2.29. The number of ketones is 1. The Morgan fingerprint density at radius 1 is 0.811 bits per heavy atom. The van der Waals surface area contributed by atoms with Gasteiger partial charge in [-0.25, -0.2) is 9.78 Å². The van der Waals surface area contributed by atoms with E-state index in [1.165, 1.54) is 6.07 Å². The van der Waals surface area contributed by atoms with E-state index >= 15 is 0 Å². The van der Waals surface area contributed by atoms with Crippen LogP contribution in [0.15, 0.2) is 84.9 Å². The molecule has 1 amide bonds. The first-order valence-electron chi connectivity index (χ1n) is 12.0. The quantitative estimate of drug-likeness (QED) is 0.308. The van der Waals surface area contributed by atoms with Crippen LogP contribution >= 0.6 is 0 Å². The molecule has 1 aromatic heterocycles. The number of carboxylic acids is 1. The molecule has 0 aliphatic carbocycles. The van der Waals surface area contributed by atoms with Crippen molar-refractivity contribution in [3.05, 3.63) is 102 Å². The SMILES string of the molecule is O=C(CCC(=O)c1ccc2c(c1)CCO2)Nc1cc(-c2cccc(C(=O)O)c2)cc(-c2ccccc2)n1. The number of carboxylic acid groups (broad SMARTS) is 1. The van der Waals surface area contributed by atoms with E-state index in [1.54, 1.807) is 30.3 Å². The van der Waals surface area contributed by atoms with Crippen molar-refractivity contribution in [2.75, 3.05) is 11.9 Å². The lowest BCUT2D eigenvalue weighted by molar-refractivity contribution is -0.116. The van der Waals surface area contributed by atoms with E-state index < -0.39 is 5.97 Å². The molecule has 4 aromatic rings. The molecule has 1 aliphatic heterocycles. The summed E-state index contributed by atoms with van der Waals surface area (Å²) in [7, 11) is 0. The van der Waals surface area contributed by atoms with Crippen LogP contribution in [0.4, 0.5) is 5.82 Å². The van der Waals surface area contributed by atoms with E-state index in [4.69, 9.17) is 4.74 Å². The fraction of sp³-hybridized carbons (Fsp3) is 0.133. The number of aromatic carboxylic acids is 1. The Labute approximate surface area is 213 Å². The number of Topliss-reactive ketones (excluding diaryl/α,β-unsaturated/α-hetero) is 1. The molecule has 7 heteroatoms. The summed E-state index contributed by atoms with van der Waals surface area (Å²) in [5.74, 6) is -0.330. The zero-order valence-corrected chi connectivity index (χ0v) is 19.9. The number of aromatic nitrogens is 1. The maximum Gasteiger partial charge on any atom is 0.335 e. The van der Waals surface area contributed by atoms with Gasteiger partial charge in [0.15, 0.2) is 5.78 Å². The van der Waals surface area contributed by atoms with Crippen LogP contribution in [0.5, 0.6) is 5.75 Å². The molecule has 0 radical (unpaired) electrons. The Morgan fingerprint density at radius 3 is 2.43 bits per heavy atom. The summed E-state index contributed by atoms with van der Waals surface area (Å²) in [6, 6.07) is 25.0. The van der Waals surface area contributed by atoms with E-state index in [2.05, 4.69) is 10.3 Å². The first-order valence-corrected chi connectivity index (χ1v) is 12.0. The zero-order chi connectivity index (χ0) is 25.8. The molecule has 0 saturated carbocycles. The smallest absolute Gasteiger partial charge is 0.335 e. The second kappa shape index (κ2) is 10.5. The molecule has 184 valence electrons. The minimum atomic E-state index is -1.02. The standard InChI is InChI=1S/C30H24N2O5/c33-26(21-9-11-27-22(16-21)13-14-37-27)10-12-29(34)32-28-18-24(20-7-4-8-23(15-20)30(35)36)17-25(31-28)19-5-2-1-3-6-19/h1-9,11,15-18H,10,12-14H2,(H,35,36)(H,31,32,34). The van der Waals surface area contributed by atoms with E-state index in [0.717, 1.165) is 23.3 Å². The fourth-order valence-corrected chi connectivity index (χ4v) is 4.29. The van der Waals surface area contributed by atoms with Crippen LogP contribution in [0.3, 0.4) is 0 Å². The van der Waals surface area contributed by atoms with Gasteiger partial charge in [0.25, 0.3) is 0 Å². The Bertz CT molecular complexity index is 1500. The number of carbonyl (C=O) groups is 3. The van der Waals surface area contributed by atoms with Gasteiger partial charge in [-0.05, 0) is 59.2 Å². The topological polar surface area (TPSA) is 106 Å². The highest BCUT2D eigenvalue weighted by Gasteiger charge is 2.17. The molecule has 0 atom stereocenters. The predicted octanol–water partition coefficient (Wildman–Crippen LogP) is 5.65. The van der Waals surface area contributed by atoms with Gasteiger partial charge in [-0.2, -0.15) is 0 Å². The normalized spacial score (nSPS) is 11.9. The van der Waals surface area contributed by atoms with Gasteiger partial charge in [0, 0.05) is 30.4 Å². The third-order valence-electron chi connectivity index (χ3n) is 6.20. The maximum atomic E-state index is 12.8. The molecule has 0 unspecified atom stereocenters. The number of amides is 1. The summed E-state index contributed by atoms with van der Waals surface area (Å²) in [5.41, 5.74) is 4.63. The van der Waals surface area contributed by atoms with E-state index in [0.29, 0.717) is 34.8 Å². The first kappa shape index (κ1) is 23.9. The largest absolute Gasteiger partial charge is 0.493 e. The van der Waals surface area contributed by atoms with Crippen LogP contribution in [0.2, 0.25) is 0 Å². The second-order valence-corrected chi connectivity index (χ2v) is 8.77. The second-order valence-electron chi connectivity index (χ2n) is 8.77. The van der Waals surface area contributed by atoms with Crippen LogP contribution in [0.25, 0.3) is 22.4 Å². The van der Waals surface area contributed by atoms with Crippen molar-refractivity contribution in [1.82, 2.24) is 4.98 Å². The number of benzene rings is 3. The van der Waals surface area contributed by atoms with Crippen LogP contribution < -0.4 is 10.1 Å². The van der Waals surface area contributed by atoms with Crippen molar-refractivity contribution < 1.29 is 24.2 Å². The van der Waals surface area contributed by atoms with Crippen LogP contribution in [-0.2, 0) is 11.2 Å². The summed E-state index contributed by atoms with van der Waals surface area (Å²) in [6.07, 6.45) is 0.850. The monoisotopic (exact) mass is 492 g/mol. The van der Waals surface area contributed by atoms with Crippen molar-refractivity contribution in [3.63, 3.8) is 0 Å². The number of anilines is 1. The Morgan fingerprint density at radius 2 is 1.62 bits per heavy atom. The van der Waals surface area contributed by atoms with Gasteiger partial charge in [-0.3, -0.25) is 9.59 Å². The minimum absolute atomic E-state index is 0.00744. The number of hydrogen-bond acceptors (Lipinski definition) is 5. The molecule has 7 nitrogen and oxygen atoms in total. The molecule has 5 rings (SSSR count). The third kappa shape index (κ3) is 5.56. The molecule has 3 aromatic carbocycles. The van der Waals surface area contributed by atoms with Gasteiger partial charge in [0.2, 0.25) is 5.91 Å². The van der Waals surface area contributed by atoms with Crippen molar-refractivity contribution in [3.8, 4) is 28.1 Å². The summed E-state index contributed by atoms with van der Waals surface area (Å²) < 4.78 is 5.49. The lowest BCUT2D eigenvalue weighted by Gasteiger charge is -2.11. The third-order valence-corrected chi connectivity index (χ3v) is 6.20. The average Bonchev–Trinajstić information content (AvgIpc) is 3.40. The number of pyridine rings is 1.